The summed E-state index contributed by atoms with van der Waals surface area (Å²) in [5.41, 5.74) is 0.467. The van der Waals surface area contributed by atoms with Gasteiger partial charge in [-0.3, -0.25) is 9.59 Å². The number of fused-ring (bicyclic) bond motifs is 1. The van der Waals surface area contributed by atoms with E-state index in [1.807, 2.05) is 0 Å². The van der Waals surface area contributed by atoms with Gasteiger partial charge in [0.25, 0.3) is 5.91 Å². The van der Waals surface area contributed by atoms with Gasteiger partial charge in [-0.25, -0.2) is 9.37 Å². The molecule has 4 rings (SSSR count). The van der Waals surface area contributed by atoms with Crippen molar-refractivity contribution in [1.29, 1.82) is 0 Å². The minimum absolute atomic E-state index is 0.134. The molecular formula is C21H12Cl2FN3O2. The van der Waals surface area contributed by atoms with Crippen molar-refractivity contribution in [3.8, 4) is 5.69 Å². The molecule has 4 aromatic rings. The molecule has 0 bridgehead atoms. The second kappa shape index (κ2) is 7.66. The normalized spacial score (nSPS) is 10.9. The minimum Gasteiger partial charge on any atom is -0.319 e. The van der Waals surface area contributed by atoms with Gasteiger partial charge in [0.1, 0.15) is 17.0 Å². The zero-order chi connectivity index (χ0) is 20.5. The third-order valence-electron chi connectivity index (χ3n) is 4.31. The van der Waals surface area contributed by atoms with Crippen LogP contribution < -0.4 is 10.7 Å². The van der Waals surface area contributed by atoms with Gasteiger partial charge in [0, 0.05) is 18.1 Å². The van der Waals surface area contributed by atoms with Gasteiger partial charge in [-0.1, -0.05) is 29.3 Å². The van der Waals surface area contributed by atoms with E-state index in [4.69, 9.17) is 23.2 Å². The quantitative estimate of drug-likeness (QED) is 0.495. The molecule has 0 fully saturated rings. The van der Waals surface area contributed by atoms with Crippen LogP contribution in [-0.2, 0) is 0 Å². The Bertz CT molecular complexity index is 1280. The lowest BCUT2D eigenvalue weighted by atomic mass is 10.1. The van der Waals surface area contributed by atoms with E-state index in [9.17, 15) is 14.0 Å². The Balaban J connectivity index is 1.89. The van der Waals surface area contributed by atoms with E-state index in [0.717, 1.165) is 0 Å². The molecule has 0 saturated carbocycles. The number of benzene rings is 2. The molecule has 0 unspecified atom stereocenters. The fourth-order valence-electron chi connectivity index (χ4n) is 2.92. The fraction of sp³-hybridized carbons (Fsp3) is 0. The first-order chi connectivity index (χ1) is 14.0. The lowest BCUT2D eigenvalue weighted by Crippen LogP contribution is -2.24. The van der Waals surface area contributed by atoms with Gasteiger partial charge < -0.3 is 9.88 Å². The van der Waals surface area contributed by atoms with Gasteiger partial charge in [-0.2, -0.15) is 0 Å². The van der Waals surface area contributed by atoms with Crippen LogP contribution in [0.15, 0.2) is 71.8 Å². The molecule has 2 heterocycles. The van der Waals surface area contributed by atoms with E-state index in [-0.39, 0.29) is 26.7 Å². The van der Waals surface area contributed by atoms with Crippen molar-refractivity contribution in [2.24, 2.45) is 0 Å². The zero-order valence-corrected chi connectivity index (χ0v) is 16.2. The maximum atomic E-state index is 13.3. The molecule has 0 aliphatic carbocycles. The number of pyridine rings is 2. The maximum Gasteiger partial charge on any atom is 0.261 e. The summed E-state index contributed by atoms with van der Waals surface area (Å²) in [5.74, 6) is -1.08. The number of hydrogen-bond acceptors (Lipinski definition) is 3. The molecule has 0 spiro atoms. The predicted octanol–water partition coefficient (Wildman–Crippen LogP) is 5.08. The Morgan fingerprint density at radius 3 is 2.38 bits per heavy atom. The van der Waals surface area contributed by atoms with E-state index >= 15 is 0 Å². The Labute approximate surface area is 174 Å². The number of halogens is 3. The fourth-order valence-corrected chi connectivity index (χ4v) is 3.41. The van der Waals surface area contributed by atoms with Crippen molar-refractivity contribution >= 4 is 45.8 Å². The number of carbonyl (C=O) groups is 1. The van der Waals surface area contributed by atoms with Crippen LogP contribution in [0.1, 0.15) is 10.4 Å². The van der Waals surface area contributed by atoms with Crippen LogP contribution in [0.4, 0.5) is 10.1 Å². The highest BCUT2D eigenvalue weighted by molar-refractivity contribution is 6.40. The summed E-state index contributed by atoms with van der Waals surface area (Å²) in [6, 6.07) is 13.6. The Morgan fingerprint density at radius 2 is 1.69 bits per heavy atom. The third kappa shape index (κ3) is 3.60. The van der Waals surface area contributed by atoms with E-state index in [1.165, 1.54) is 36.7 Å². The zero-order valence-electron chi connectivity index (χ0n) is 14.7. The number of nitrogens with zero attached hydrogens (tertiary/aromatic N) is 2. The van der Waals surface area contributed by atoms with Crippen LogP contribution in [-0.4, -0.2) is 15.5 Å². The standard InChI is InChI=1S/C21H12Cl2FN3O2/c22-16-4-1-5-17(23)18(16)26-21(29)15-11-27(13-8-6-12(24)7-9-13)20-14(19(15)28)3-2-10-25-20/h1-11H,(H,26,29). The van der Waals surface area contributed by atoms with Gasteiger partial charge in [-0.15, -0.1) is 0 Å². The van der Waals surface area contributed by atoms with Crippen LogP contribution in [0, 0.1) is 5.82 Å². The van der Waals surface area contributed by atoms with Crippen LogP contribution in [0.2, 0.25) is 10.0 Å². The number of nitrogens with one attached hydrogen (secondary N) is 1. The summed E-state index contributed by atoms with van der Waals surface area (Å²) in [4.78, 5) is 30.1. The topological polar surface area (TPSA) is 64.0 Å². The summed E-state index contributed by atoms with van der Waals surface area (Å²) in [7, 11) is 0. The van der Waals surface area contributed by atoms with Crippen LogP contribution >= 0.6 is 23.2 Å². The first-order valence-corrected chi connectivity index (χ1v) is 9.23. The SMILES string of the molecule is O=C(Nc1c(Cl)cccc1Cl)c1cn(-c2ccc(F)cc2)c2ncccc2c1=O. The van der Waals surface area contributed by atoms with Crippen LogP contribution in [0.25, 0.3) is 16.7 Å². The largest absolute Gasteiger partial charge is 0.319 e. The molecule has 0 saturated heterocycles. The van der Waals surface area contributed by atoms with Crippen molar-refractivity contribution < 1.29 is 9.18 Å². The summed E-state index contributed by atoms with van der Waals surface area (Å²) in [6.45, 7) is 0. The molecule has 29 heavy (non-hydrogen) atoms. The highest BCUT2D eigenvalue weighted by Crippen LogP contribution is 2.30. The van der Waals surface area contributed by atoms with Gasteiger partial charge in [0.15, 0.2) is 0 Å². The number of hydrogen-bond donors (Lipinski definition) is 1. The Kier molecular flexibility index (Phi) is 5.05. The van der Waals surface area contributed by atoms with E-state index in [2.05, 4.69) is 10.3 Å². The summed E-state index contributed by atoms with van der Waals surface area (Å²) in [5, 5.41) is 3.32. The van der Waals surface area contributed by atoms with Crippen molar-refractivity contribution in [3.05, 3.63) is 98.6 Å². The minimum atomic E-state index is -0.674. The molecule has 8 heteroatoms. The van der Waals surface area contributed by atoms with Crippen LogP contribution in [0.3, 0.4) is 0 Å². The molecule has 144 valence electrons. The molecule has 1 N–H and O–H groups in total. The average molecular weight is 428 g/mol. The highest BCUT2D eigenvalue weighted by Gasteiger charge is 2.19. The van der Waals surface area contributed by atoms with Crippen molar-refractivity contribution in [2.75, 3.05) is 5.32 Å². The molecule has 0 aliphatic heterocycles. The Morgan fingerprint density at radius 1 is 1.00 bits per heavy atom. The first-order valence-electron chi connectivity index (χ1n) is 8.47. The predicted molar refractivity (Wildman–Crippen MR) is 112 cm³/mol. The maximum absolute atomic E-state index is 13.3. The smallest absolute Gasteiger partial charge is 0.261 e. The number of carbonyl (C=O) groups excluding carboxylic acids is 1. The molecule has 1 amide bonds. The second-order valence-corrected chi connectivity index (χ2v) is 6.96. The van der Waals surface area contributed by atoms with Crippen molar-refractivity contribution in [3.63, 3.8) is 0 Å². The number of aromatic nitrogens is 2. The summed E-state index contributed by atoms with van der Waals surface area (Å²) < 4.78 is 14.9. The van der Waals surface area contributed by atoms with E-state index in [0.29, 0.717) is 11.3 Å². The van der Waals surface area contributed by atoms with Crippen LogP contribution in [0.5, 0.6) is 0 Å². The molecular weight excluding hydrogens is 416 g/mol. The lowest BCUT2D eigenvalue weighted by Gasteiger charge is -2.13. The average Bonchev–Trinajstić information content (AvgIpc) is 2.72. The molecule has 5 nitrogen and oxygen atoms in total. The van der Waals surface area contributed by atoms with Gasteiger partial charge in [0.05, 0.1) is 21.1 Å². The van der Waals surface area contributed by atoms with E-state index in [1.54, 1.807) is 34.9 Å². The number of rotatable bonds is 3. The molecule has 2 aromatic heterocycles. The lowest BCUT2D eigenvalue weighted by molar-refractivity contribution is 0.102. The summed E-state index contributed by atoms with van der Waals surface area (Å²) >= 11 is 12.2. The van der Waals surface area contributed by atoms with E-state index < -0.39 is 17.2 Å². The first kappa shape index (κ1) is 19.1. The molecule has 0 aliphatic rings. The summed E-state index contributed by atoms with van der Waals surface area (Å²) in [6.07, 6.45) is 2.90. The molecule has 0 atom stereocenters. The van der Waals surface area contributed by atoms with Crippen molar-refractivity contribution in [1.82, 2.24) is 9.55 Å². The second-order valence-electron chi connectivity index (χ2n) is 6.14. The number of anilines is 1. The monoisotopic (exact) mass is 427 g/mol. The number of amides is 1. The Hall–Kier alpha value is -3.22. The van der Waals surface area contributed by atoms with Gasteiger partial charge >= 0.3 is 0 Å². The van der Waals surface area contributed by atoms with Crippen molar-refractivity contribution in [2.45, 2.75) is 0 Å². The molecule has 0 radical (unpaired) electrons. The third-order valence-corrected chi connectivity index (χ3v) is 4.94. The molecule has 2 aromatic carbocycles. The highest BCUT2D eigenvalue weighted by atomic mass is 35.5. The van der Waals surface area contributed by atoms with Gasteiger partial charge in [-0.05, 0) is 48.5 Å². The van der Waals surface area contributed by atoms with Gasteiger partial charge in [0.2, 0.25) is 5.43 Å². The number of para-hydroxylation sites is 1.